The van der Waals surface area contributed by atoms with Crippen molar-refractivity contribution >= 4 is 27.3 Å². The van der Waals surface area contributed by atoms with Gasteiger partial charge in [-0.3, -0.25) is 9.10 Å². The highest BCUT2D eigenvalue weighted by molar-refractivity contribution is 7.92. The largest absolute Gasteiger partial charge is 0.497 e. The summed E-state index contributed by atoms with van der Waals surface area (Å²) in [5, 5.41) is 2.84. The number of hydrogen-bond donors (Lipinski definition) is 1. The van der Waals surface area contributed by atoms with Crippen LogP contribution in [0, 0.1) is 6.92 Å². The van der Waals surface area contributed by atoms with Crippen molar-refractivity contribution in [2.75, 3.05) is 29.0 Å². The van der Waals surface area contributed by atoms with Gasteiger partial charge in [0, 0.05) is 17.8 Å². The van der Waals surface area contributed by atoms with E-state index in [2.05, 4.69) is 5.32 Å². The Balaban J connectivity index is 1.80. The van der Waals surface area contributed by atoms with Crippen LogP contribution >= 0.6 is 0 Å². The van der Waals surface area contributed by atoms with Crippen LogP contribution in [0.5, 0.6) is 5.75 Å². The number of rotatable bonds is 4. The molecule has 0 spiro atoms. The maximum atomic E-state index is 12.4. The fraction of sp³-hybridized carbons (Fsp3) is 0.316. The van der Waals surface area contributed by atoms with Crippen LogP contribution in [-0.4, -0.2) is 33.7 Å². The molecule has 0 unspecified atom stereocenters. The van der Waals surface area contributed by atoms with Crippen molar-refractivity contribution in [1.29, 1.82) is 0 Å². The van der Waals surface area contributed by atoms with E-state index < -0.39 is 10.0 Å². The molecule has 1 heterocycles. The van der Waals surface area contributed by atoms with Gasteiger partial charge in [-0.05, 0) is 61.7 Å². The van der Waals surface area contributed by atoms with E-state index in [0.29, 0.717) is 35.7 Å². The Morgan fingerprint density at radius 2 is 1.96 bits per heavy atom. The number of aryl methyl sites for hydroxylation is 1. The number of carbonyl (C=O) groups excluding carboxylic acids is 1. The topological polar surface area (TPSA) is 75.7 Å². The smallest absolute Gasteiger partial charge is 0.255 e. The molecular weight excluding hydrogens is 352 g/mol. The highest BCUT2D eigenvalue weighted by Crippen LogP contribution is 2.29. The van der Waals surface area contributed by atoms with Crippen LogP contribution < -0.4 is 14.4 Å². The molecule has 0 aliphatic carbocycles. The monoisotopic (exact) mass is 374 g/mol. The summed E-state index contributed by atoms with van der Waals surface area (Å²) in [7, 11) is -1.70. The second-order valence-corrected chi connectivity index (χ2v) is 8.30. The van der Waals surface area contributed by atoms with Crippen molar-refractivity contribution in [1.82, 2.24) is 0 Å². The summed E-state index contributed by atoms with van der Waals surface area (Å²) in [6, 6.07) is 12.2. The van der Waals surface area contributed by atoms with E-state index in [1.54, 1.807) is 49.6 Å². The van der Waals surface area contributed by atoms with E-state index in [0.717, 1.165) is 12.0 Å². The van der Waals surface area contributed by atoms with Crippen LogP contribution in [0.15, 0.2) is 42.5 Å². The number of nitrogens with zero attached hydrogens (tertiary/aromatic N) is 1. The molecule has 1 aliphatic heterocycles. The molecule has 0 radical (unpaired) electrons. The number of hydrogen-bond acceptors (Lipinski definition) is 4. The van der Waals surface area contributed by atoms with Crippen LogP contribution in [0.25, 0.3) is 0 Å². The highest BCUT2D eigenvalue weighted by atomic mass is 32.2. The molecule has 1 aliphatic rings. The Labute approximate surface area is 153 Å². The van der Waals surface area contributed by atoms with Crippen molar-refractivity contribution in [3.05, 3.63) is 53.6 Å². The van der Waals surface area contributed by atoms with E-state index in [1.807, 2.05) is 6.92 Å². The predicted octanol–water partition coefficient (Wildman–Crippen LogP) is 3.19. The minimum Gasteiger partial charge on any atom is -0.497 e. The van der Waals surface area contributed by atoms with E-state index in [9.17, 15) is 13.2 Å². The third-order valence-electron chi connectivity index (χ3n) is 4.40. The van der Waals surface area contributed by atoms with Gasteiger partial charge in [0.15, 0.2) is 0 Å². The van der Waals surface area contributed by atoms with Crippen LogP contribution in [0.4, 0.5) is 11.4 Å². The van der Waals surface area contributed by atoms with Gasteiger partial charge in [0.2, 0.25) is 10.0 Å². The summed E-state index contributed by atoms with van der Waals surface area (Å²) >= 11 is 0. The Kier molecular flexibility index (Phi) is 5.18. The van der Waals surface area contributed by atoms with E-state index in [4.69, 9.17) is 4.74 Å². The number of benzene rings is 2. The molecule has 2 aromatic carbocycles. The Morgan fingerprint density at radius 3 is 2.65 bits per heavy atom. The van der Waals surface area contributed by atoms with Gasteiger partial charge in [0.05, 0.1) is 18.6 Å². The molecule has 0 atom stereocenters. The Bertz CT molecular complexity index is 925. The Hall–Kier alpha value is -2.54. The normalized spacial score (nSPS) is 16.2. The van der Waals surface area contributed by atoms with Crippen molar-refractivity contribution in [2.24, 2.45) is 0 Å². The molecular formula is C19H22N2O4S. The van der Waals surface area contributed by atoms with Gasteiger partial charge < -0.3 is 10.1 Å². The first-order chi connectivity index (χ1) is 12.4. The van der Waals surface area contributed by atoms with Gasteiger partial charge in [0.1, 0.15) is 5.75 Å². The molecule has 2 aromatic rings. The number of sulfonamides is 1. The molecule has 1 N–H and O–H groups in total. The van der Waals surface area contributed by atoms with Crippen LogP contribution in [0.1, 0.15) is 28.8 Å². The Morgan fingerprint density at radius 1 is 1.15 bits per heavy atom. The maximum absolute atomic E-state index is 12.4. The van der Waals surface area contributed by atoms with Crippen LogP contribution in [-0.2, 0) is 10.0 Å². The van der Waals surface area contributed by atoms with Gasteiger partial charge in [-0.1, -0.05) is 6.07 Å². The summed E-state index contributed by atoms with van der Waals surface area (Å²) < 4.78 is 31.2. The van der Waals surface area contributed by atoms with Crippen LogP contribution in [0.3, 0.4) is 0 Å². The van der Waals surface area contributed by atoms with Crippen molar-refractivity contribution in [2.45, 2.75) is 19.8 Å². The van der Waals surface area contributed by atoms with E-state index >= 15 is 0 Å². The third-order valence-corrected chi connectivity index (χ3v) is 6.26. The molecule has 0 saturated carbocycles. The molecule has 7 heteroatoms. The quantitative estimate of drug-likeness (QED) is 0.892. The van der Waals surface area contributed by atoms with Crippen molar-refractivity contribution in [3.63, 3.8) is 0 Å². The van der Waals surface area contributed by atoms with Gasteiger partial charge >= 0.3 is 0 Å². The minimum atomic E-state index is -3.25. The summed E-state index contributed by atoms with van der Waals surface area (Å²) in [5.74, 6) is 0.543. The van der Waals surface area contributed by atoms with Gasteiger partial charge in [-0.25, -0.2) is 8.42 Å². The molecule has 0 bridgehead atoms. The molecule has 26 heavy (non-hydrogen) atoms. The lowest BCUT2D eigenvalue weighted by molar-refractivity contribution is 0.102. The number of amides is 1. The van der Waals surface area contributed by atoms with Gasteiger partial charge in [-0.2, -0.15) is 0 Å². The van der Waals surface area contributed by atoms with E-state index in [-0.39, 0.29) is 11.7 Å². The number of methoxy groups -OCH3 is 1. The molecule has 0 aromatic heterocycles. The second kappa shape index (κ2) is 7.37. The average molecular weight is 374 g/mol. The number of nitrogens with one attached hydrogen (secondary N) is 1. The predicted molar refractivity (Wildman–Crippen MR) is 102 cm³/mol. The second-order valence-electron chi connectivity index (χ2n) is 6.28. The third kappa shape index (κ3) is 3.83. The number of carbonyl (C=O) groups is 1. The first-order valence-electron chi connectivity index (χ1n) is 8.47. The molecule has 1 fully saturated rings. The minimum absolute atomic E-state index is 0.181. The SMILES string of the molecule is COc1cccc(C(=O)Nc2ccc(N3CCCCS3(=O)=O)c(C)c2)c1. The average Bonchev–Trinajstić information content (AvgIpc) is 2.62. The molecule has 1 amide bonds. The number of anilines is 2. The van der Waals surface area contributed by atoms with Crippen molar-refractivity contribution in [3.8, 4) is 5.75 Å². The molecule has 6 nitrogen and oxygen atoms in total. The van der Waals surface area contributed by atoms with Crippen molar-refractivity contribution < 1.29 is 17.9 Å². The zero-order valence-corrected chi connectivity index (χ0v) is 15.7. The molecule has 1 saturated heterocycles. The lowest BCUT2D eigenvalue weighted by atomic mass is 10.1. The van der Waals surface area contributed by atoms with Gasteiger partial charge in [0.25, 0.3) is 5.91 Å². The van der Waals surface area contributed by atoms with Gasteiger partial charge in [-0.15, -0.1) is 0 Å². The highest BCUT2D eigenvalue weighted by Gasteiger charge is 2.27. The standard InChI is InChI=1S/C19H22N2O4S/c1-14-12-16(20-19(22)15-6-5-7-17(13-15)25-2)8-9-18(14)21-10-3-4-11-26(21,23)24/h5-9,12-13H,3-4,10-11H2,1-2H3,(H,20,22). The molecule has 3 rings (SSSR count). The summed E-state index contributed by atoms with van der Waals surface area (Å²) in [6.45, 7) is 2.35. The zero-order chi connectivity index (χ0) is 18.7. The number of ether oxygens (including phenoxy) is 1. The fourth-order valence-corrected chi connectivity index (χ4v) is 4.74. The summed E-state index contributed by atoms with van der Waals surface area (Å²) in [4.78, 5) is 12.4. The molecule has 138 valence electrons. The lowest BCUT2D eigenvalue weighted by Gasteiger charge is -2.29. The first-order valence-corrected chi connectivity index (χ1v) is 10.1. The zero-order valence-electron chi connectivity index (χ0n) is 14.9. The lowest BCUT2D eigenvalue weighted by Crippen LogP contribution is -2.38. The fourth-order valence-electron chi connectivity index (χ4n) is 3.04. The maximum Gasteiger partial charge on any atom is 0.255 e. The van der Waals surface area contributed by atoms with Crippen LogP contribution in [0.2, 0.25) is 0 Å². The van der Waals surface area contributed by atoms with E-state index in [1.165, 1.54) is 4.31 Å². The summed E-state index contributed by atoms with van der Waals surface area (Å²) in [5.41, 5.74) is 2.58. The summed E-state index contributed by atoms with van der Waals surface area (Å²) in [6.07, 6.45) is 1.56. The first kappa shape index (κ1) is 18.3.